The Morgan fingerprint density at radius 3 is 1.08 bits per heavy atom. The number of aliphatic imine (C=N–C) groups is 2. The fraction of sp³-hybridized carbons (Fsp3) is 0.800. The van der Waals surface area contributed by atoms with E-state index in [0.717, 1.165) is 0 Å². The summed E-state index contributed by atoms with van der Waals surface area (Å²) in [6.45, 7) is 12.4. The van der Waals surface area contributed by atoms with Crippen molar-refractivity contribution in [1.82, 2.24) is 0 Å². The summed E-state index contributed by atoms with van der Waals surface area (Å²) in [4.78, 5) is 8.57. The van der Waals surface area contributed by atoms with Crippen LogP contribution in [0.1, 0.15) is 41.5 Å². The van der Waals surface area contributed by atoms with Gasteiger partial charge < -0.3 is 0 Å². The van der Waals surface area contributed by atoms with E-state index in [4.69, 9.17) is 0 Å². The zero-order valence-corrected chi connectivity index (χ0v) is 11.8. The normalized spacial score (nSPS) is 13.7. The molecule has 0 aromatic carbocycles. The van der Waals surface area contributed by atoms with Crippen LogP contribution in [-0.4, -0.2) is 47.2 Å². The Morgan fingerprint density at radius 2 is 0.923 bits per heavy atom. The number of nitrogens with zero attached hydrogens (tertiary/aromatic N) is 2. The summed E-state index contributed by atoms with van der Waals surface area (Å²) in [6, 6.07) is 0. The van der Waals surface area contributed by atoms with E-state index in [2.05, 4.69) is 51.5 Å². The van der Waals surface area contributed by atoms with Crippen LogP contribution in [0.25, 0.3) is 0 Å². The van der Waals surface area contributed by atoms with Crippen LogP contribution in [0.2, 0.25) is 0 Å². The molecule has 0 saturated carbocycles. The predicted molar refractivity (Wildman–Crippen MR) is 62.2 cm³/mol. The summed E-state index contributed by atoms with van der Waals surface area (Å²) in [5.74, 6) is 0. The molecule has 0 rings (SSSR count). The standard InChI is InChI=1S/C10H20N2.Te/c1-9(2,3)11-7-8-12-10(4,5)6;/h7-8H,1-6H3;. The molecule has 0 spiro atoms. The minimum absolute atomic E-state index is 0. The predicted octanol–water partition coefficient (Wildman–Crippen LogP) is 2.34. The van der Waals surface area contributed by atoms with E-state index >= 15 is 0 Å². The fourth-order valence-electron chi connectivity index (χ4n) is 0.514. The van der Waals surface area contributed by atoms with Crippen molar-refractivity contribution in [3.05, 3.63) is 0 Å². The van der Waals surface area contributed by atoms with Gasteiger partial charge in [0.15, 0.2) is 0 Å². The Morgan fingerprint density at radius 1 is 0.692 bits per heavy atom. The molecule has 0 aromatic rings. The van der Waals surface area contributed by atoms with Crippen molar-refractivity contribution < 1.29 is 0 Å². The molecule has 0 aliphatic carbocycles. The molecule has 0 aliphatic heterocycles. The summed E-state index contributed by atoms with van der Waals surface area (Å²) < 4.78 is 0. The maximum atomic E-state index is 4.29. The van der Waals surface area contributed by atoms with Crippen molar-refractivity contribution in [2.45, 2.75) is 52.6 Å². The Bertz CT molecular complexity index is 160. The van der Waals surface area contributed by atoms with Gasteiger partial charge in [-0.15, -0.1) is 0 Å². The first-order valence-corrected chi connectivity index (χ1v) is 4.30. The van der Waals surface area contributed by atoms with Gasteiger partial charge in [0.05, 0.1) is 11.1 Å². The maximum Gasteiger partial charge on any atom is 0.0524 e. The van der Waals surface area contributed by atoms with Crippen LogP contribution in [-0.2, 0) is 0 Å². The molecule has 0 amide bonds. The molecule has 0 unspecified atom stereocenters. The van der Waals surface area contributed by atoms with E-state index in [1.165, 1.54) is 0 Å². The SMILES string of the molecule is CC(C)(C)N=CC=NC(C)(C)C.[Te]. The second-order valence-electron chi connectivity index (χ2n) is 4.90. The molecule has 2 radical (unpaired) electrons. The minimum atomic E-state index is 0. The Balaban J connectivity index is 0. The largest absolute Gasteiger partial charge is 0.286 e. The van der Waals surface area contributed by atoms with Gasteiger partial charge in [-0.2, -0.15) is 0 Å². The van der Waals surface area contributed by atoms with Crippen molar-refractivity contribution >= 4 is 36.1 Å². The first-order valence-electron chi connectivity index (χ1n) is 4.30. The van der Waals surface area contributed by atoms with E-state index in [-0.39, 0.29) is 34.7 Å². The molecule has 2 nitrogen and oxygen atoms in total. The third kappa shape index (κ3) is 14.9. The fourth-order valence-corrected chi connectivity index (χ4v) is 0.514. The first-order chi connectivity index (χ1) is 5.21. The van der Waals surface area contributed by atoms with Crippen LogP contribution in [0.3, 0.4) is 0 Å². The van der Waals surface area contributed by atoms with Crippen molar-refractivity contribution in [2.75, 3.05) is 0 Å². The summed E-state index contributed by atoms with van der Waals surface area (Å²) in [5.41, 5.74) is 0.00775. The molecule has 3 heteroatoms. The Kier molecular flexibility index (Phi) is 6.93. The molecule has 0 bridgehead atoms. The molecule has 0 aromatic heterocycles. The second-order valence-corrected chi connectivity index (χ2v) is 4.90. The van der Waals surface area contributed by atoms with Gasteiger partial charge in [-0.25, -0.2) is 0 Å². The smallest absolute Gasteiger partial charge is 0.0524 e. The Labute approximate surface area is 98.7 Å². The zero-order valence-electron chi connectivity index (χ0n) is 9.46. The summed E-state index contributed by atoms with van der Waals surface area (Å²) in [7, 11) is 0. The van der Waals surface area contributed by atoms with Crippen molar-refractivity contribution in [1.29, 1.82) is 0 Å². The minimum Gasteiger partial charge on any atom is -0.286 e. The number of rotatable bonds is 1. The second kappa shape index (κ2) is 5.78. The van der Waals surface area contributed by atoms with Gasteiger partial charge in [0.2, 0.25) is 0 Å². The quantitative estimate of drug-likeness (QED) is 0.524. The van der Waals surface area contributed by atoms with E-state index < -0.39 is 0 Å². The van der Waals surface area contributed by atoms with Gasteiger partial charge in [-0.05, 0) is 41.5 Å². The van der Waals surface area contributed by atoms with Gasteiger partial charge >= 0.3 is 0 Å². The number of hydrogen-bond donors (Lipinski definition) is 0. The molecular formula is C10H20N2Te. The summed E-state index contributed by atoms with van der Waals surface area (Å²) >= 11 is 0. The zero-order chi connectivity index (χ0) is 9.83. The molecule has 76 valence electrons. The van der Waals surface area contributed by atoms with Crippen molar-refractivity contribution in [3.63, 3.8) is 0 Å². The van der Waals surface area contributed by atoms with Gasteiger partial charge in [0.1, 0.15) is 0 Å². The molecular weight excluding hydrogens is 276 g/mol. The van der Waals surface area contributed by atoms with Crippen molar-refractivity contribution in [3.8, 4) is 0 Å². The molecule has 0 N–H and O–H groups in total. The van der Waals surface area contributed by atoms with Crippen LogP contribution in [0.4, 0.5) is 0 Å². The van der Waals surface area contributed by atoms with Gasteiger partial charge in [0.25, 0.3) is 0 Å². The molecule has 0 atom stereocenters. The van der Waals surface area contributed by atoms with Crippen molar-refractivity contribution in [2.24, 2.45) is 9.98 Å². The molecule has 0 aliphatic rings. The maximum absolute atomic E-state index is 4.29. The first kappa shape index (κ1) is 15.6. The Hall–Kier alpha value is 0.130. The van der Waals surface area contributed by atoms with Crippen LogP contribution >= 0.6 is 0 Å². The van der Waals surface area contributed by atoms with Crippen LogP contribution < -0.4 is 0 Å². The molecule has 0 heterocycles. The summed E-state index contributed by atoms with van der Waals surface area (Å²) in [5, 5.41) is 0. The van der Waals surface area contributed by atoms with Crippen LogP contribution in [0.5, 0.6) is 0 Å². The monoisotopic (exact) mass is 298 g/mol. The summed E-state index contributed by atoms with van der Waals surface area (Å²) in [6.07, 6.45) is 3.54. The van der Waals surface area contributed by atoms with E-state index in [1.807, 2.05) is 0 Å². The average Bonchev–Trinajstić information content (AvgIpc) is 1.76. The van der Waals surface area contributed by atoms with Gasteiger partial charge in [-0.1, -0.05) is 0 Å². The van der Waals surface area contributed by atoms with E-state index in [1.54, 1.807) is 12.4 Å². The van der Waals surface area contributed by atoms with Crippen LogP contribution in [0, 0.1) is 0 Å². The van der Waals surface area contributed by atoms with E-state index in [9.17, 15) is 0 Å². The van der Waals surface area contributed by atoms with E-state index in [0.29, 0.717) is 0 Å². The van der Waals surface area contributed by atoms with Crippen LogP contribution in [0.15, 0.2) is 9.98 Å². The molecule has 13 heavy (non-hydrogen) atoms. The van der Waals surface area contributed by atoms with Gasteiger partial charge in [0, 0.05) is 36.1 Å². The average molecular weight is 296 g/mol. The third-order valence-electron chi connectivity index (χ3n) is 0.990. The molecule has 0 saturated heterocycles. The third-order valence-corrected chi connectivity index (χ3v) is 0.990. The van der Waals surface area contributed by atoms with Gasteiger partial charge in [-0.3, -0.25) is 9.98 Å². The topological polar surface area (TPSA) is 24.7 Å². The molecule has 0 fully saturated rings. The number of hydrogen-bond acceptors (Lipinski definition) is 2.